The molecule has 0 aliphatic heterocycles. The second-order valence-corrected chi connectivity index (χ2v) is 7.86. The van der Waals surface area contributed by atoms with E-state index in [1.807, 2.05) is 0 Å². The maximum Gasteiger partial charge on any atom is 0.348 e. The molecule has 2 aromatic rings. The Morgan fingerprint density at radius 2 is 1.89 bits per heavy atom. The third-order valence-electron chi connectivity index (χ3n) is 3.95. The van der Waals surface area contributed by atoms with E-state index >= 15 is 0 Å². The van der Waals surface area contributed by atoms with E-state index in [0.29, 0.717) is 16.6 Å². The number of rotatable bonds is 8. The Hall–Kier alpha value is -2.27. The summed E-state index contributed by atoms with van der Waals surface area (Å²) in [6.45, 7) is 3.85. The van der Waals surface area contributed by atoms with Gasteiger partial charge in [-0.3, -0.25) is 0 Å². The summed E-state index contributed by atoms with van der Waals surface area (Å²) in [6, 6.07) is 0. The van der Waals surface area contributed by atoms with Crippen molar-refractivity contribution >= 4 is 40.0 Å². The number of esters is 2. The van der Waals surface area contributed by atoms with Crippen LogP contribution in [0.15, 0.2) is 5.16 Å². The predicted octanol–water partition coefficient (Wildman–Crippen LogP) is 2.16. The molecule has 1 aliphatic carbocycles. The molecule has 11 heteroatoms. The molecule has 2 aromatic heterocycles. The van der Waals surface area contributed by atoms with E-state index in [1.54, 1.807) is 13.8 Å². The quantitative estimate of drug-likeness (QED) is 0.380. The topological polar surface area (TPSA) is 135 Å². The summed E-state index contributed by atoms with van der Waals surface area (Å²) in [5.41, 5.74) is 6.67. The fraction of sp³-hybridized carbons (Fsp3) is 0.500. The largest absolute Gasteiger partial charge is 0.462 e. The molecule has 0 spiro atoms. The highest BCUT2D eigenvalue weighted by Crippen LogP contribution is 2.40. The number of nitrogens with zero attached hydrogens (tertiary/aromatic N) is 3. The zero-order valence-corrected chi connectivity index (χ0v) is 16.7. The van der Waals surface area contributed by atoms with Crippen molar-refractivity contribution in [3.63, 3.8) is 0 Å². The molecular formula is C16H21N5O4S2. The van der Waals surface area contributed by atoms with Crippen LogP contribution in [0.3, 0.4) is 0 Å². The van der Waals surface area contributed by atoms with Gasteiger partial charge in [-0.25, -0.2) is 14.3 Å². The summed E-state index contributed by atoms with van der Waals surface area (Å²) < 4.78 is 11.6. The molecule has 0 atom stereocenters. The highest BCUT2D eigenvalue weighted by molar-refractivity contribution is 7.98. The second kappa shape index (κ2) is 8.17. The third-order valence-corrected chi connectivity index (χ3v) is 5.96. The smallest absolute Gasteiger partial charge is 0.348 e. The van der Waals surface area contributed by atoms with Gasteiger partial charge >= 0.3 is 11.9 Å². The van der Waals surface area contributed by atoms with Gasteiger partial charge in [0, 0.05) is 17.2 Å². The lowest BCUT2D eigenvalue weighted by Gasteiger charge is -2.07. The van der Waals surface area contributed by atoms with Crippen LogP contribution in [-0.2, 0) is 15.2 Å². The van der Waals surface area contributed by atoms with Crippen LogP contribution in [0, 0.1) is 0 Å². The number of nitrogen functional groups attached to an aromatic ring is 2. The van der Waals surface area contributed by atoms with Crippen LogP contribution in [0.5, 0.6) is 0 Å². The van der Waals surface area contributed by atoms with Gasteiger partial charge in [0.05, 0.1) is 18.8 Å². The van der Waals surface area contributed by atoms with Crippen molar-refractivity contribution < 1.29 is 19.1 Å². The van der Waals surface area contributed by atoms with Crippen molar-refractivity contribution in [2.75, 3.05) is 24.8 Å². The van der Waals surface area contributed by atoms with Gasteiger partial charge in [0.25, 0.3) is 0 Å². The summed E-state index contributed by atoms with van der Waals surface area (Å²) in [4.78, 5) is 24.9. The van der Waals surface area contributed by atoms with E-state index in [2.05, 4.69) is 10.2 Å². The lowest BCUT2D eigenvalue weighted by Crippen LogP contribution is -2.14. The first-order chi connectivity index (χ1) is 13.0. The molecule has 0 saturated heterocycles. The number of ether oxygens (including phenoxy) is 2. The lowest BCUT2D eigenvalue weighted by atomic mass is 10.1. The van der Waals surface area contributed by atoms with Gasteiger partial charge in [-0.2, -0.15) is 0 Å². The van der Waals surface area contributed by atoms with Crippen LogP contribution in [0.4, 0.5) is 5.00 Å². The second-order valence-electron chi connectivity index (χ2n) is 5.86. The molecule has 2 heterocycles. The molecule has 0 bridgehead atoms. The number of carbonyl (C=O) groups excluding carboxylic acids is 2. The maximum atomic E-state index is 12.3. The number of hydrogen-bond donors (Lipinski definition) is 2. The average molecular weight is 412 g/mol. The number of aromatic nitrogens is 3. The SMILES string of the molecule is CCOC(=O)c1sc(N)c(C(=O)OCC)c1CSc1nnc(C2CC2)n1N. The van der Waals surface area contributed by atoms with E-state index in [4.69, 9.17) is 21.1 Å². The molecule has 27 heavy (non-hydrogen) atoms. The fourth-order valence-electron chi connectivity index (χ4n) is 2.55. The molecule has 3 rings (SSSR count). The molecule has 1 aliphatic rings. The Labute approximate surface area is 164 Å². The van der Waals surface area contributed by atoms with E-state index in [1.165, 1.54) is 16.4 Å². The lowest BCUT2D eigenvalue weighted by molar-refractivity contribution is 0.0527. The highest BCUT2D eigenvalue weighted by Gasteiger charge is 2.31. The van der Waals surface area contributed by atoms with Crippen molar-refractivity contribution in [3.05, 3.63) is 21.8 Å². The Kier molecular flexibility index (Phi) is 5.90. The Morgan fingerprint density at radius 3 is 2.52 bits per heavy atom. The van der Waals surface area contributed by atoms with Crippen LogP contribution in [-0.4, -0.2) is 40.0 Å². The third kappa shape index (κ3) is 4.03. The van der Waals surface area contributed by atoms with E-state index in [-0.39, 0.29) is 34.4 Å². The van der Waals surface area contributed by atoms with Gasteiger partial charge in [-0.15, -0.1) is 21.5 Å². The fourth-order valence-corrected chi connectivity index (χ4v) is 4.51. The number of thioether (sulfide) groups is 1. The number of anilines is 1. The van der Waals surface area contributed by atoms with Crippen LogP contribution in [0.25, 0.3) is 0 Å². The molecule has 0 amide bonds. The van der Waals surface area contributed by atoms with Crippen LogP contribution >= 0.6 is 23.1 Å². The summed E-state index contributed by atoms with van der Waals surface area (Å²) in [6.07, 6.45) is 2.11. The van der Waals surface area contributed by atoms with Gasteiger partial charge in [0.1, 0.15) is 9.88 Å². The normalized spacial score (nSPS) is 13.6. The first-order valence-corrected chi connectivity index (χ1v) is 10.4. The zero-order valence-electron chi connectivity index (χ0n) is 15.1. The minimum absolute atomic E-state index is 0.197. The maximum absolute atomic E-state index is 12.3. The van der Waals surface area contributed by atoms with E-state index in [9.17, 15) is 9.59 Å². The van der Waals surface area contributed by atoms with Crippen molar-refractivity contribution in [1.29, 1.82) is 0 Å². The molecule has 0 radical (unpaired) electrons. The number of carbonyl (C=O) groups is 2. The average Bonchev–Trinajstić information content (AvgIpc) is 3.32. The molecular weight excluding hydrogens is 390 g/mol. The Bertz CT molecular complexity index is 859. The van der Waals surface area contributed by atoms with Crippen molar-refractivity contribution in [2.24, 2.45) is 0 Å². The Morgan fingerprint density at radius 1 is 1.22 bits per heavy atom. The van der Waals surface area contributed by atoms with E-state index in [0.717, 1.165) is 30.0 Å². The van der Waals surface area contributed by atoms with Crippen molar-refractivity contribution in [3.8, 4) is 0 Å². The molecule has 1 fully saturated rings. The molecule has 146 valence electrons. The van der Waals surface area contributed by atoms with Gasteiger partial charge in [0.2, 0.25) is 5.16 Å². The molecule has 9 nitrogen and oxygen atoms in total. The first kappa shape index (κ1) is 19.5. The summed E-state index contributed by atoms with van der Waals surface area (Å²) in [7, 11) is 0. The first-order valence-electron chi connectivity index (χ1n) is 8.56. The predicted molar refractivity (Wildman–Crippen MR) is 102 cm³/mol. The standard InChI is InChI=1S/C16H21N5O4S2/c1-3-24-14(22)10-9(11(27-12(10)17)15(23)25-4-2)7-26-16-20-19-13(21(16)18)8-5-6-8/h8H,3-7,17-18H2,1-2H3. The monoisotopic (exact) mass is 411 g/mol. The molecule has 0 unspecified atom stereocenters. The molecule has 1 saturated carbocycles. The number of hydrogen-bond acceptors (Lipinski definition) is 10. The van der Waals surface area contributed by atoms with Gasteiger partial charge in [-0.05, 0) is 26.7 Å². The van der Waals surface area contributed by atoms with Crippen LogP contribution in [0.1, 0.15) is 64.0 Å². The van der Waals surface area contributed by atoms with Gasteiger partial charge in [0.15, 0.2) is 5.82 Å². The summed E-state index contributed by atoms with van der Waals surface area (Å²) in [5, 5.41) is 8.97. The number of nitrogens with two attached hydrogens (primary N) is 2. The molecule has 0 aromatic carbocycles. The molecule has 4 N–H and O–H groups in total. The number of thiophene rings is 1. The van der Waals surface area contributed by atoms with Gasteiger partial charge in [-0.1, -0.05) is 11.8 Å². The van der Waals surface area contributed by atoms with Gasteiger partial charge < -0.3 is 21.1 Å². The summed E-state index contributed by atoms with van der Waals surface area (Å²) in [5.74, 6) is 6.35. The van der Waals surface area contributed by atoms with Crippen molar-refractivity contribution in [1.82, 2.24) is 14.9 Å². The van der Waals surface area contributed by atoms with Crippen LogP contribution in [0.2, 0.25) is 0 Å². The zero-order chi connectivity index (χ0) is 19.6. The minimum Gasteiger partial charge on any atom is -0.462 e. The van der Waals surface area contributed by atoms with E-state index < -0.39 is 11.9 Å². The Balaban J connectivity index is 1.89. The minimum atomic E-state index is -0.565. The highest BCUT2D eigenvalue weighted by atomic mass is 32.2. The summed E-state index contributed by atoms with van der Waals surface area (Å²) >= 11 is 2.30. The van der Waals surface area contributed by atoms with Crippen LogP contribution < -0.4 is 11.6 Å². The van der Waals surface area contributed by atoms with Crippen molar-refractivity contribution in [2.45, 2.75) is 43.5 Å².